The Hall–Kier alpha value is -2.62. The van der Waals surface area contributed by atoms with Crippen LogP contribution in [-0.4, -0.2) is 15.9 Å². The van der Waals surface area contributed by atoms with Crippen molar-refractivity contribution in [3.63, 3.8) is 0 Å². The van der Waals surface area contributed by atoms with Crippen LogP contribution in [0.1, 0.15) is 10.4 Å². The summed E-state index contributed by atoms with van der Waals surface area (Å²) in [5.41, 5.74) is 1.57. The van der Waals surface area contributed by atoms with Crippen molar-refractivity contribution < 1.29 is 4.79 Å². The number of rotatable bonds is 2. The summed E-state index contributed by atoms with van der Waals surface area (Å²) < 4.78 is 0. The Morgan fingerprint density at radius 1 is 1.17 bits per heavy atom. The molecule has 0 aliphatic heterocycles. The summed E-state index contributed by atoms with van der Waals surface area (Å²) in [5.74, 6) is 0.397. The predicted molar refractivity (Wildman–Crippen MR) is 70.5 cm³/mol. The number of aromatic amines is 1. The van der Waals surface area contributed by atoms with Crippen molar-refractivity contribution in [2.24, 2.45) is 0 Å². The van der Waals surface area contributed by atoms with Gasteiger partial charge in [-0.1, -0.05) is 18.2 Å². The summed E-state index contributed by atoms with van der Waals surface area (Å²) >= 11 is 0. The Morgan fingerprint density at radius 2 is 2.00 bits per heavy atom. The van der Waals surface area contributed by atoms with E-state index < -0.39 is 0 Å². The van der Waals surface area contributed by atoms with Gasteiger partial charge in [0, 0.05) is 17.1 Å². The van der Waals surface area contributed by atoms with Crippen LogP contribution in [0.2, 0.25) is 0 Å². The van der Waals surface area contributed by atoms with Gasteiger partial charge in [0.05, 0.1) is 11.7 Å². The summed E-state index contributed by atoms with van der Waals surface area (Å²) in [6.45, 7) is 0. The van der Waals surface area contributed by atoms with Crippen molar-refractivity contribution in [3.05, 3.63) is 60.4 Å². The van der Waals surface area contributed by atoms with Gasteiger partial charge in [0.15, 0.2) is 0 Å². The number of hydrogen-bond acceptors (Lipinski definition) is 2. The van der Waals surface area contributed by atoms with Gasteiger partial charge >= 0.3 is 0 Å². The first kappa shape index (κ1) is 10.5. The van der Waals surface area contributed by atoms with Gasteiger partial charge in [-0.2, -0.15) is 0 Å². The fraction of sp³-hybridized carbons (Fsp3) is 0. The van der Waals surface area contributed by atoms with E-state index in [4.69, 9.17) is 0 Å². The van der Waals surface area contributed by atoms with E-state index in [0.717, 1.165) is 10.9 Å². The van der Waals surface area contributed by atoms with Gasteiger partial charge < -0.3 is 10.3 Å². The third kappa shape index (κ3) is 1.96. The number of amides is 1. The molecule has 0 saturated heterocycles. The molecule has 1 amide bonds. The van der Waals surface area contributed by atoms with Gasteiger partial charge in [-0.15, -0.1) is 0 Å². The number of carbonyl (C=O) groups is 1. The van der Waals surface area contributed by atoms with Crippen LogP contribution < -0.4 is 5.32 Å². The van der Waals surface area contributed by atoms with Gasteiger partial charge in [-0.3, -0.25) is 4.79 Å². The molecule has 88 valence electrons. The second kappa shape index (κ2) is 4.33. The van der Waals surface area contributed by atoms with Crippen molar-refractivity contribution in [3.8, 4) is 0 Å². The average molecular weight is 237 g/mol. The zero-order chi connectivity index (χ0) is 12.4. The molecule has 4 heteroatoms. The van der Waals surface area contributed by atoms with E-state index in [1.807, 2.05) is 36.5 Å². The molecule has 4 nitrogen and oxygen atoms in total. The number of hydrogen-bond donors (Lipinski definition) is 2. The van der Waals surface area contributed by atoms with Crippen molar-refractivity contribution in [2.45, 2.75) is 0 Å². The minimum Gasteiger partial charge on any atom is -0.360 e. The van der Waals surface area contributed by atoms with Crippen LogP contribution in [0.3, 0.4) is 0 Å². The first-order chi connectivity index (χ1) is 8.83. The zero-order valence-corrected chi connectivity index (χ0v) is 9.55. The molecule has 0 unspecified atom stereocenters. The highest BCUT2D eigenvalue weighted by molar-refractivity contribution is 6.04. The maximum atomic E-state index is 11.9. The number of aromatic nitrogens is 2. The van der Waals surface area contributed by atoms with Crippen molar-refractivity contribution >= 4 is 22.6 Å². The summed E-state index contributed by atoms with van der Waals surface area (Å²) in [7, 11) is 0. The number of nitrogens with one attached hydrogen (secondary N) is 2. The van der Waals surface area contributed by atoms with Crippen molar-refractivity contribution in [1.82, 2.24) is 9.97 Å². The fourth-order valence-electron chi connectivity index (χ4n) is 1.80. The van der Waals surface area contributed by atoms with E-state index in [-0.39, 0.29) is 5.91 Å². The molecule has 0 spiro atoms. The number of benzene rings is 1. The Balaban J connectivity index is 1.86. The lowest BCUT2D eigenvalue weighted by molar-refractivity contribution is 0.102. The number of fused-ring (bicyclic) bond motifs is 1. The summed E-state index contributed by atoms with van der Waals surface area (Å²) in [6.07, 6.45) is 3.55. The molecule has 3 aromatic rings. The normalized spacial score (nSPS) is 10.4. The highest BCUT2D eigenvalue weighted by Crippen LogP contribution is 2.15. The first-order valence-electron chi connectivity index (χ1n) is 5.62. The summed E-state index contributed by atoms with van der Waals surface area (Å²) in [6, 6.07) is 12.9. The minimum atomic E-state index is -0.155. The molecule has 2 N–H and O–H groups in total. The van der Waals surface area contributed by atoms with E-state index in [9.17, 15) is 4.79 Å². The van der Waals surface area contributed by atoms with Gasteiger partial charge in [0.25, 0.3) is 5.91 Å². The van der Waals surface area contributed by atoms with E-state index in [1.165, 1.54) is 0 Å². The van der Waals surface area contributed by atoms with Crippen molar-refractivity contribution in [2.75, 3.05) is 5.32 Å². The van der Waals surface area contributed by atoms with Crippen LogP contribution in [0.15, 0.2) is 54.9 Å². The molecular formula is C14H11N3O. The molecule has 0 radical (unpaired) electrons. The second-order valence-electron chi connectivity index (χ2n) is 3.95. The first-order valence-corrected chi connectivity index (χ1v) is 5.62. The lowest BCUT2D eigenvalue weighted by atomic mass is 10.2. The Labute approximate surface area is 104 Å². The lowest BCUT2D eigenvalue weighted by Crippen LogP contribution is -2.12. The third-order valence-electron chi connectivity index (χ3n) is 2.72. The Kier molecular flexibility index (Phi) is 2.53. The number of carbonyl (C=O) groups excluding carboxylic acids is 1. The monoisotopic (exact) mass is 237 g/mol. The van der Waals surface area contributed by atoms with Crippen LogP contribution in [0.5, 0.6) is 0 Å². The van der Waals surface area contributed by atoms with Gasteiger partial charge in [0.1, 0.15) is 5.82 Å². The van der Waals surface area contributed by atoms with Crippen LogP contribution in [0, 0.1) is 0 Å². The highest BCUT2D eigenvalue weighted by Gasteiger charge is 2.06. The molecular weight excluding hydrogens is 226 g/mol. The molecule has 0 atom stereocenters. The third-order valence-corrected chi connectivity index (χ3v) is 2.72. The van der Waals surface area contributed by atoms with Crippen molar-refractivity contribution in [1.29, 1.82) is 0 Å². The van der Waals surface area contributed by atoms with Gasteiger partial charge in [-0.05, 0) is 24.3 Å². The summed E-state index contributed by atoms with van der Waals surface area (Å²) in [4.78, 5) is 19.2. The Morgan fingerprint density at radius 3 is 2.83 bits per heavy atom. The molecule has 1 aromatic carbocycles. The largest absolute Gasteiger partial charge is 0.360 e. The molecule has 0 aliphatic rings. The summed E-state index contributed by atoms with van der Waals surface area (Å²) in [5, 5.41) is 3.80. The smallest absolute Gasteiger partial charge is 0.256 e. The molecule has 2 heterocycles. The molecule has 0 fully saturated rings. The molecule has 3 rings (SSSR count). The average Bonchev–Trinajstić information content (AvgIpc) is 2.87. The predicted octanol–water partition coefficient (Wildman–Crippen LogP) is 2.82. The number of anilines is 1. The maximum absolute atomic E-state index is 11.9. The van der Waals surface area contributed by atoms with Crippen LogP contribution in [0.25, 0.3) is 10.9 Å². The molecule has 0 bridgehead atoms. The topological polar surface area (TPSA) is 57.8 Å². The van der Waals surface area contributed by atoms with Crippen LogP contribution >= 0.6 is 0 Å². The standard InChI is InChI=1S/C14H11N3O/c18-14(10-4-2-1-3-5-10)17-13-8-11-6-7-15-12(11)9-16-13/h1-9,15H,(H,16,17,18). The van der Waals surface area contributed by atoms with E-state index >= 15 is 0 Å². The van der Waals surface area contributed by atoms with Crippen LogP contribution in [-0.2, 0) is 0 Å². The van der Waals surface area contributed by atoms with E-state index in [0.29, 0.717) is 11.4 Å². The molecule has 2 aromatic heterocycles. The number of H-pyrrole nitrogens is 1. The quantitative estimate of drug-likeness (QED) is 0.720. The fourth-order valence-corrected chi connectivity index (χ4v) is 1.80. The highest BCUT2D eigenvalue weighted by atomic mass is 16.1. The lowest BCUT2D eigenvalue weighted by Gasteiger charge is -2.04. The maximum Gasteiger partial charge on any atom is 0.256 e. The minimum absolute atomic E-state index is 0.155. The number of pyridine rings is 1. The van der Waals surface area contributed by atoms with E-state index in [2.05, 4.69) is 15.3 Å². The van der Waals surface area contributed by atoms with E-state index in [1.54, 1.807) is 18.3 Å². The molecule has 0 saturated carbocycles. The molecule has 0 aliphatic carbocycles. The van der Waals surface area contributed by atoms with Crippen LogP contribution in [0.4, 0.5) is 5.82 Å². The van der Waals surface area contributed by atoms with Gasteiger partial charge in [-0.25, -0.2) is 4.98 Å². The number of nitrogens with zero attached hydrogens (tertiary/aromatic N) is 1. The SMILES string of the molecule is O=C(Nc1cc2cc[nH]c2cn1)c1ccccc1. The molecule has 18 heavy (non-hydrogen) atoms. The zero-order valence-electron chi connectivity index (χ0n) is 9.55. The van der Waals surface area contributed by atoms with Gasteiger partial charge in [0.2, 0.25) is 0 Å². The second-order valence-corrected chi connectivity index (χ2v) is 3.95. The Bertz CT molecular complexity index is 688.